The van der Waals surface area contributed by atoms with Crippen LogP contribution in [0.1, 0.15) is 38.9 Å². The van der Waals surface area contributed by atoms with E-state index in [-0.39, 0.29) is 18.3 Å². The Morgan fingerprint density at radius 2 is 2.14 bits per heavy atom. The fourth-order valence-electron chi connectivity index (χ4n) is 2.71. The second-order valence-corrected chi connectivity index (χ2v) is 6.09. The van der Waals surface area contributed by atoms with Crippen molar-refractivity contribution in [2.24, 2.45) is 5.41 Å². The molecule has 1 unspecified atom stereocenters. The van der Waals surface area contributed by atoms with E-state index in [1.165, 1.54) is 0 Å². The molecule has 1 aliphatic heterocycles. The van der Waals surface area contributed by atoms with Crippen LogP contribution < -0.4 is 4.90 Å². The van der Waals surface area contributed by atoms with E-state index in [2.05, 4.69) is 5.10 Å². The van der Waals surface area contributed by atoms with Gasteiger partial charge < -0.3 is 10.0 Å². The molecule has 0 radical (unpaired) electrons. The Kier molecular flexibility index (Phi) is 3.65. The van der Waals surface area contributed by atoms with Crippen LogP contribution in [0.2, 0.25) is 0 Å². The van der Waals surface area contributed by atoms with Gasteiger partial charge in [0.1, 0.15) is 5.69 Å². The van der Waals surface area contributed by atoms with Crippen molar-refractivity contribution in [3.8, 4) is 0 Å². The van der Waals surface area contributed by atoms with Crippen molar-refractivity contribution in [2.45, 2.75) is 40.2 Å². The fraction of sp³-hybridized carbons (Fsp3) is 0.692. The molecule has 0 aliphatic carbocycles. The van der Waals surface area contributed by atoms with Crippen LogP contribution in [0.4, 0.5) is 11.5 Å². The van der Waals surface area contributed by atoms with Gasteiger partial charge in [-0.3, -0.25) is 14.9 Å². The number of rotatable bonds is 4. The minimum atomic E-state index is -0.881. The second-order valence-electron chi connectivity index (χ2n) is 6.09. The molecule has 8 heteroatoms. The number of nitrogens with zero attached hydrogens (tertiary/aromatic N) is 4. The quantitative estimate of drug-likeness (QED) is 0.673. The van der Waals surface area contributed by atoms with E-state index in [1.807, 2.05) is 13.8 Å². The van der Waals surface area contributed by atoms with Crippen LogP contribution >= 0.6 is 0 Å². The van der Waals surface area contributed by atoms with Gasteiger partial charge in [0.25, 0.3) is 0 Å². The molecule has 1 saturated heterocycles. The molecule has 2 heterocycles. The zero-order chi connectivity index (χ0) is 15.9. The average Bonchev–Trinajstić information content (AvgIpc) is 2.90. The molecule has 1 aromatic heterocycles. The van der Waals surface area contributed by atoms with Crippen LogP contribution in [0.15, 0.2) is 0 Å². The van der Waals surface area contributed by atoms with Gasteiger partial charge >= 0.3 is 11.7 Å². The third-order valence-corrected chi connectivity index (χ3v) is 3.99. The molecule has 0 saturated carbocycles. The van der Waals surface area contributed by atoms with Gasteiger partial charge in [-0.15, -0.1) is 0 Å². The third kappa shape index (κ3) is 2.45. The summed E-state index contributed by atoms with van der Waals surface area (Å²) in [5, 5.41) is 24.9. The number of carboxylic acid groups (broad SMARTS) is 1. The lowest BCUT2D eigenvalue weighted by molar-refractivity contribution is -0.384. The van der Waals surface area contributed by atoms with E-state index in [1.54, 1.807) is 23.4 Å². The van der Waals surface area contributed by atoms with Crippen molar-refractivity contribution in [3.63, 3.8) is 0 Å². The van der Waals surface area contributed by atoms with Gasteiger partial charge in [-0.2, -0.15) is 5.10 Å². The molecule has 0 amide bonds. The first-order valence-electron chi connectivity index (χ1n) is 6.89. The third-order valence-electron chi connectivity index (χ3n) is 3.99. The summed E-state index contributed by atoms with van der Waals surface area (Å²) in [5.74, 6) is -0.461. The van der Waals surface area contributed by atoms with Gasteiger partial charge in [0, 0.05) is 19.1 Å². The summed E-state index contributed by atoms with van der Waals surface area (Å²) < 4.78 is 1.61. The van der Waals surface area contributed by atoms with Crippen molar-refractivity contribution in [1.29, 1.82) is 0 Å². The number of aryl methyl sites for hydroxylation is 1. The fourth-order valence-corrected chi connectivity index (χ4v) is 2.71. The predicted molar refractivity (Wildman–Crippen MR) is 76.6 cm³/mol. The number of hydrogen-bond acceptors (Lipinski definition) is 5. The number of anilines is 1. The Labute approximate surface area is 122 Å². The average molecular weight is 296 g/mol. The lowest BCUT2D eigenvalue weighted by Gasteiger charge is -2.22. The molecule has 1 aliphatic rings. The number of aromatic nitrogens is 2. The van der Waals surface area contributed by atoms with Gasteiger partial charge in [-0.05, 0) is 34.1 Å². The zero-order valence-electron chi connectivity index (χ0n) is 12.7. The minimum Gasteiger partial charge on any atom is -0.481 e. The highest BCUT2D eigenvalue weighted by Crippen LogP contribution is 2.40. The Hall–Kier alpha value is -2.12. The van der Waals surface area contributed by atoms with Crippen molar-refractivity contribution < 1.29 is 14.8 Å². The summed E-state index contributed by atoms with van der Waals surface area (Å²) in [6.45, 7) is 7.79. The van der Waals surface area contributed by atoms with E-state index < -0.39 is 16.3 Å². The highest BCUT2D eigenvalue weighted by molar-refractivity contribution is 5.77. The molecule has 1 aromatic rings. The predicted octanol–water partition coefficient (Wildman–Crippen LogP) is 1.98. The molecule has 0 aromatic carbocycles. The van der Waals surface area contributed by atoms with E-state index in [9.17, 15) is 20.0 Å². The Balaban J connectivity index is 2.49. The smallest absolute Gasteiger partial charge is 0.333 e. The number of nitro groups is 1. The zero-order valence-corrected chi connectivity index (χ0v) is 12.7. The van der Waals surface area contributed by atoms with Gasteiger partial charge in [0.2, 0.25) is 5.82 Å². The van der Waals surface area contributed by atoms with Crippen LogP contribution in [0.25, 0.3) is 0 Å². The second kappa shape index (κ2) is 5.01. The largest absolute Gasteiger partial charge is 0.481 e. The van der Waals surface area contributed by atoms with Crippen LogP contribution in [-0.4, -0.2) is 38.9 Å². The lowest BCUT2D eigenvalue weighted by atomic mass is 9.90. The molecule has 1 atom stereocenters. The molecule has 2 rings (SSSR count). The van der Waals surface area contributed by atoms with Crippen LogP contribution in [0.5, 0.6) is 0 Å². The van der Waals surface area contributed by atoms with Crippen molar-refractivity contribution in [1.82, 2.24) is 9.78 Å². The van der Waals surface area contributed by atoms with Crippen molar-refractivity contribution >= 4 is 17.5 Å². The normalized spacial score (nSPS) is 22.0. The maximum atomic E-state index is 11.4. The monoisotopic (exact) mass is 296 g/mol. The summed E-state index contributed by atoms with van der Waals surface area (Å²) >= 11 is 0. The Morgan fingerprint density at radius 3 is 2.57 bits per heavy atom. The van der Waals surface area contributed by atoms with Crippen LogP contribution in [0.3, 0.4) is 0 Å². The van der Waals surface area contributed by atoms with E-state index in [4.69, 9.17) is 0 Å². The highest BCUT2D eigenvalue weighted by Gasteiger charge is 2.44. The number of hydrogen-bond donors (Lipinski definition) is 1. The maximum absolute atomic E-state index is 11.4. The van der Waals surface area contributed by atoms with Crippen LogP contribution in [-0.2, 0) is 4.79 Å². The van der Waals surface area contributed by atoms with E-state index >= 15 is 0 Å². The van der Waals surface area contributed by atoms with Crippen molar-refractivity contribution in [2.75, 3.05) is 18.0 Å². The standard InChI is InChI=1S/C13H20N4O4/c1-8(2)16-11(10(17(20)21)9(3)14-16)15-6-5-13(4,7-15)12(18)19/h8H,5-7H2,1-4H3,(H,18,19). The number of carboxylic acids is 1. The summed E-state index contributed by atoms with van der Waals surface area (Å²) in [6.07, 6.45) is 0.460. The SMILES string of the molecule is Cc1nn(C(C)C)c(N2CCC(C)(C(=O)O)C2)c1[N+](=O)[O-]. The summed E-state index contributed by atoms with van der Waals surface area (Å²) in [7, 11) is 0. The van der Waals surface area contributed by atoms with Gasteiger partial charge in [-0.1, -0.05) is 0 Å². The Bertz CT molecular complexity index is 595. The molecule has 8 nitrogen and oxygen atoms in total. The molecular formula is C13H20N4O4. The number of aliphatic carboxylic acids is 1. The highest BCUT2D eigenvalue weighted by atomic mass is 16.6. The molecule has 21 heavy (non-hydrogen) atoms. The Morgan fingerprint density at radius 1 is 1.52 bits per heavy atom. The molecular weight excluding hydrogens is 276 g/mol. The van der Waals surface area contributed by atoms with Gasteiger partial charge in [0.15, 0.2) is 0 Å². The molecule has 0 bridgehead atoms. The topological polar surface area (TPSA) is 102 Å². The summed E-state index contributed by atoms with van der Waals surface area (Å²) in [5.41, 5.74) is -0.556. The lowest BCUT2D eigenvalue weighted by Crippen LogP contribution is -2.33. The molecule has 116 valence electrons. The van der Waals surface area contributed by atoms with Gasteiger partial charge in [0.05, 0.1) is 10.3 Å². The van der Waals surface area contributed by atoms with Gasteiger partial charge in [-0.25, -0.2) is 4.68 Å². The van der Waals surface area contributed by atoms with Crippen LogP contribution in [0, 0.1) is 22.5 Å². The summed E-state index contributed by atoms with van der Waals surface area (Å²) in [6, 6.07) is -0.0379. The van der Waals surface area contributed by atoms with E-state index in [0.29, 0.717) is 24.5 Å². The first kappa shape index (κ1) is 15.3. The maximum Gasteiger partial charge on any atom is 0.333 e. The van der Waals surface area contributed by atoms with E-state index in [0.717, 1.165) is 0 Å². The summed E-state index contributed by atoms with van der Waals surface area (Å²) in [4.78, 5) is 24.0. The molecule has 0 spiro atoms. The minimum absolute atomic E-state index is 0.0293. The first-order valence-corrected chi connectivity index (χ1v) is 6.89. The molecule has 1 N–H and O–H groups in total. The van der Waals surface area contributed by atoms with Crippen molar-refractivity contribution in [3.05, 3.63) is 15.8 Å². The first-order chi connectivity index (χ1) is 9.67. The molecule has 1 fully saturated rings. The number of carbonyl (C=O) groups is 1.